The van der Waals surface area contributed by atoms with Gasteiger partial charge in [0.2, 0.25) is 0 Å². The summed E-state index contributed by atoms with van der Waals surface area (Å²) in [7, 11) is 0. The van der Waals surface area contributed by atoms with E-state index in [0.717, 1.165) is 17.9 Å². The molecule has 1 aliphatic heterocycles. The minimum Gasteiger partial charge on any atom is -0.377 e. The van der Waals surface area contributed by atoms with Crippen LogP contribution >= 0.6 is 0 Å². The Kier molecular flexibility index (Phi) is 3.74. The van der Waals surface area contributed by atoms with Crippen LogP contribution < -0.4 is 0 Å². The molecule has 0 bridgehead atoms. The summed E-state index contributed by atoms with van der Waals surface area (Å²) < 4.78 is 7.30. The van der Waals surface area contributed by atoms with Crippen LogP contribution in [0.25, 0.3) is 0 Å². The molecule has 1 saturated heterocycles. The lowest BCUT2D eigenvalue weighted by atomic mass is 10.1. The minimum absolute atomic E-state index is 0.00454. The molecule has 112 valence electrons. The number of hydrogen-bond acceptors (Lipinski definition) is 4. The van der Waals surface area contributed by atoms with Crippen molar-refractivity contribution in [3.05, 3.63) is 35.4 Å². The van der Waals surface area contributed by atoms with E-state index in [9.17, 15) is 4.79 Å². The fourth-order valence-corrected chi connectivity index (χ4v) is 2.60. The highest BCUT2D eigenvalue weighted by atomic mass is 16.5. The van der Waals surface area contributed by atoms with Gasteiger partial charge in [-0.15, -0.1) is 0 Å². The first-order valence-corrected chi connectivity index (χ1v) is 7.12. The summed E-state index contributed by atoms with van der Waals surface area (Å²) in [5.41, 5.74) is 2.31. The Balaban J connectivity index is 1.89. The monoisotopic (exact) mass is 289 g/mol. The maximum atomic E-state index is 12.8. The van der Waals surface area contributed by atoms with Crippen LogP contribution in [-0.2, 0) is 11.3 Å². The van der Waals surface area contributed by atoms with Crippen molar-refractivity contribution < 1.29 is 9.53 Å². The van der Waals surface area contributed by atoms with Crippen LogP contribution in [0.1, 0.15) is 34.7 Å². The van der Waals surface area contributed by atoms with Gasteiger partial charge in [0, 0.05) is 25.5 Å². The topological polar surface area (TPSA) is 76.0 Å². The highest BCUT2D eigenvalue weighted by Gasteiger charge is 2.31. The molecule has 0 spiro atoms. The maximum absolute atomic E-state index is 12.8. The van der Waals surface area contributed by atoms with Crippen molar-refractivity contribution in [2.24, 2.45) is 0 Å². The Hall–Kier alpha value is -2.15. The number of rotatable bonds is 3. The Labute approximate surface area is 122 Å². The molecule has 0 aromatic carbocycles. The molecule has 0 aliphatic carbocycles. The Morgan fingerprint density at radius 3 is 3.10 bits per heavy atom. The Morgan fingerprint density at radius 1 is 1.57 bits per heavy atom. The summed E-state index contributed by atoms with van der Waals surface area (Å²) in [5.74, 6) is -0.00454. The quantitative estimate of drug-likeness (QED) is 0.919. The molecule has 0 radical (unpaired) electrons. The van der Waals surface area contributed by atoms with Gasteiger partial charge < -0.3 is 9.64 Å². The van der Waals surface area contributed by atoms with E-state index in [1.54, 1.807) is 10.9 Å². The molecule has 1 fully saturated rings. The standard InChI is InChI=1S/C14H19N5O2/c1-3-18-8-11(10(2)17-18)14(20)19-6-7-21-9-13(19)12-4-5-15-16-12/h4-5,8,13H,3,6-7,9H2,1-2H3,(H,15,16)/t13-/m1/s1. The number of nitrogens with zero attached hydrogens (tertiary/aromatic N) is 4. The second-order valence-corrected chi connectivity index (χ2v) is 5.09. The Morgan fingerprint density at radius 2 is 2.43 bits per heavy atom. The van der Waals surface area contributed by atoms with E-state index in [4.69, 9.17) is 4.74 Å². The van der Waals surface area contributed by atoms with Crippen LogP contribution in [0, 0.1) is 6.92 Å². The van der Waals surface area contributed by atoms with E-state index in [-0.39, 0.29) is 11.9 Å². The van der Waals surface area contributed by atoms with Gasteiger partial charge in [0.05, 0.1) is 36.2 Å². The van der Waals surface area contributed by atoms with Crippen molar-refractivity contribution in [1.29, 1.82) is 0 Å². The lowest BCUT2D eigenvalue weighted by molar-refractivity contribution is -0.00395. The van der Waals surface area contributed by atoms with Gasteiger partial charge in [-0.05, 0) is 19.9 Å². The molecule has 7 heteroatoms. The Bertz CT molecular complexity index is 619. The summed E-state index contributed by atoms with van der Waals surface area (Å²) in [6, 6.07) is 1.75. The molecule has 0 saturated carbocycles. The average Bonchev–Trinajstić information content (AvgIpc) is 3.16. The predicted octanol–water partition coefficient (Wildman–Crippen LogP) is 1.15. The summed E-state index contributed by atoms with van der Waals surface area (Å²) in [4.78, 5) is 14.7. The third-order valence-electron chi connectivity index (χ3n) is 3.77. The lowest BCUT2D eigenvalue weighted by Crippen LogP contribution is -2.43. The molecule has 1 atom stereocenters. The van der Waals surface area contributed by atoms with Gasteiger partial charge in [-0.1, -0.05) is 0 Å². The van der Waals surface area contributed by atoms with Crippen LogP contribution in [0.4, 0.5) is 0 Å². The van der Waals surface area contributed by atoms with E-state index >= 15 is 0 Å². The number of hydrogen-bond donors (Lipinski definition) is 1. The molecule has 0 unspecified atom stereocenters. The maximum Gasteiger partial charge on any atom is 0.258 e. The predicted molar refractivity (Wildman–Crippen MR) is 75.8 cm³/mol. The van der Waals surface area contributed by atoms with Crippen molar-refractivity contribution in [3.8, 4) is 0 Å². The number of aryl methyl sites for hydroxylation is 2. The van der Waals surface area contributed by atoms with Gasteiger partial charge in [0.15, 0.2) is 0 Å². The largest absolute Gasteiger partial charge is 0.377 e. The molecular formula is C14H19N5O2. The number of nitrogens with one attached hydrogen (secondary N) is 1. The van der Waals surface area contributed by atoms with Crippen LogP contribution in [0.15, 0.2) is 18.5 Å². The summed E-state index contributed by atoms with van der Waals surface area (Å²) in [5, 5.41) is 11.2. The first-order valence-electron chi connectivity index (χ1n) is 7.12. The van der Waals surface area contributed by atoms with Gasteiger partial charge in [0.1, 0.15) is 0 Å². The number of carbonyl (C=O) groups is 1. The number of morpholine rings is 1. The molecule has 2 aromatic heterocycles. The number of H-pyrrole nitrogens is 1. The fourth-order valence-electron chi connectivity index (χ4n) is 2.60. The first kappa shape index (κ1) is 13.8. The molecule has 1 aliphatic rings. The van der Waals surface area contributed by atoms with E-state index in [1.807, 2.05) is 31.0 Å². The van der Waals surface area contributed by atoms with Crippen molar-refractivity contribution in [3.63, 3.8) is 0 Å². The van der Waals surface area contributed by atoms with E-state index in [2.05, 4.69) is 15.3 Å². The summed E-state index contributed by atoms with van der Waals surface area (Å²) in [6.07, 6.45) is 3.50. The second kappa shape index (κ2) is 5.69. The number of ether oxygens (including phenoxy) is 1. The average molecular weight is 289 g/mol. The molecule has 21 heavy (non-hydrogen) atoms. The van der Waals surface area contributed by atoms with Gasteiger partial charge >= 0.3 is 0 Å². The molecule has 2 aromatic rings. The number of amides is 1. The zero-order chi connectivity index (χ0) is 14.8. The highest BCUT2D eigenvalue weighted by molar-refractivity contribution is 5.95. The van der Waals surface area contributed by atoms with Gasteiger partial charge in [0.25, 0.3) is 5.91 Å². The molecule has 3 heterocycles. The number of aromatic nitrogens is 4. The molecule has 7 nitrogen and oxygen atoms in total. The molecular weight excluding hydrogens is 270 g/mol. The number of carbonyl (C=O) groups excluding carboxylic acids is 1. The highest BCUT2D eigenvalue weighted by Crippen LogP contribution is 2.25. The van der Waals surface area contributed by atoms with Crippen LogP contribution in [0.3, 0.4) is 0 Å². The van der Waals surface area contributed by atoms with E-state index < -0.39 is 0 Å². The SMILES string of the molecule is CCn1cc(C(=O)N2CCOC[C@@H]2c2ccn[nH]2)c(C)n1. The van der Waals surface area contributed by atoms with E-state index in [0.29, 0.717) is 25.3 Å². The third-order valence-corrected chi connectivity index (χ3v) is 3.77. The summed E-state index contributed by atoms with van der Waals surface area (Å²) >= 11 is 0. The van der Waals surface area contributed by atoms with Gasteiger partial charge in [-0.25, -0.2) is 0 Å². The van der Waals surface area contributed by atoms with E-state index in [1.165, 1.54) is 0 Å². The normalized spacial score (nSPS) is 19.0. The second-order valence-electron chi connectivity index (χ2n) is 5.09. The minimum atomic E-state index is -0.127. The van der Waals surface area contributed by atoms with Crippen LogP contribution in [0.5, 0.6) is 0 Å². The van der Waals surface area contributed by atoms with Crippen molar-refractivity contribution >= 4 is 5.91 Å². The smallest absolute Gasteiger partial charge is 0.258 e. The molecule has 3 rings (SSSR count). The molecule has 1 N–H and O–H groups in total. The lowest BCUT2D eigenvalue weighted by Gasteiger charge is -2.34. The zero-order valence-corrected chi connectivity index (χ0v) is 12.2. The van der Waals surface area contributed by atoms with Crippen LogP contribution in [0.2, 0.25) is 0 Å². The third kappa shape index (κ3) is 2.56. The van der Waals surface area contributed by atoms with Gasteiger partial charge in [-0.2, -0.15) is 10.2 Å². The van der Waals surface area contributed by atoms with Crippen molar-refractivity contribution in [2.45, 2.75) is 26.4 Å². The molecule has 1 amide bonds. The van der Waals surface area contributed by atoms with Crippen molar-refractivity contribution in [1.82, 2.24) is 24.9 Å². The first-order chi connectivity index (χ1) is 10.2. The zero-order valence-electron chi connectivity index (χ0n) is 12.2. The summed E-state index contributed by atoms with van der Waals surface area (Å²) in [6.45, 7) is 6.22. The van der Waals surface area contributed by atoms with Crippen molar-refractivity contribution in [2.75, 3.05) is 19.8 Å². The van der Waals surface area contributed by atoms with Crippen LogP contribution in [-0.4, -0.2) is 50.5 Å². The van der Waals surface area contributed by atoms with Gasteiger partial charge in [-0.3, -0.25) is 14.6 Å². The number of aromatic amines is 1. The fraction of sp³-hybridized carbons (Fsp3) is 0.500.